The first-order valence-corrected chi connectivity index (χ1v) is 7.70. The molecule has 0 heterocycles. The number of benzene rings is 1. The van der Waals surface area contributed by atoms with Gasteiger partial charge < -0.3 is 19.5 Å². The molecular formula is C17H27NO3. The highest BCUT2D eigenvalue weighted by atomic mass is 16.5. The fourth-order valence-corrected chi connectivity index (χ4v) is 2.98. The molecule has 2 rings (SSSR count). The van der Waals surface area contributed by atoms with Gasteiger partial charge in [0.1, 0.15) is 0 Å². The molecule has 1 aromatic carbocycles. The predicted molar refractivity (Wildman–Crippen MR) is 84.4 cm³/mol. The van der Waals surface area contributed by atoms with Crippen LogP contribution < -0.4 is 19.5 Å². The average Bonchev–Trinajstić information content (AvgIpc) is 3.23. The van der Waals surface area contributed by atoms with E-state index in [0.29, 0.717) is 23.5 Å². The number of ether oxygens (including phenoxy) is 3. The lowest BCUT2D eigenvalue weighted by Gasteiger charge is -2.23. The molecule has 0 amide bonds. The van der Waals surface area contributed by atoms with E-state index in [-0.39, 0.29) is 0 Å². The molecule has 3 atom stereocenters. The Kier molecular flexibility index (Phi) is 5.34. The third kappa shape index (κ3) is 3.26. The summed E-state index contributed by atoms with van der Waals surface area (Å²) in [4.78, 5) is 0. The van der Waals surface area contributed by atoms with Crippen molar-refractivity contribution in [3.63, 3.8) is 0 Å². The minimum absolute atomic E-state index is 0.315. The second-order valence-electron chi connectivity index (χ2n) is 5.73. The van der Waals surface area contributed by atoms with Gasteiger partial charge in [-0.3, -0.25) is 0 Å². The quantitative estimate of drug-likeness (QED) is 0.797. The molecule has 3 unspecified atom stereocenters. The molecule has 1 aliphatic carbocycles. The molecule has 1 N–H and O–H groups in total. The Balaban J connectivity index is 2.39. The Bertz CT molecular complexity index is 475. The number of rotatable bonds is 8. The molecule has 0 aromatic heterocycles. The Morgan fingerprint density at radius 2 is 1.81 bits per heavy atom. The van der Waals surface area contributed by atoms with E-state index in [1.54, 1.807) is 21.3 Å². The van der Waals surface area contributed by atoms with Gasteiger partial charge in [-0.25, -0.2) is 0 Å². The maximum atomic E-state index is 5.64. The van der Waals surface area contributed by atoms with Gasteiger partial charge in [0.25, 0.3) is 0 Å². The average molecular weight is 293 g/mol. The monoisotopic (exact) mass is 293 g/mol. The number of hydrogen-bond donors (Lipinski definition) is 1. The second-order valence-corrected chi connectivity index (χ2v) is 5.73. The molecule has 1 aromatic rings. The summed E-state index contributed by atoms with van der Waals surface area (Å²) in [6, 6.07) is 4.37. The van der Waals surface area contributed by atoms with Gasteiger partial charge in [-0.15, -0.1) is 0 Å². The van der Waals surface area contributed by atoms with Gasteiger partial charge in [0, 0.05) is 11.6 Å². The fourth-order valence-electron chi connectivity index (χ4n) is 2.98. The summed E-state index contributed by atoms with van der Waals surface area (Å²) in [6.07, 6.45) is 2.38. The Morgan fingerprint density at radius 3 is 2.29 bits per heavy atom. The van der Waals surface area contributed by atoms with E-state index in [0.717, 1.165) is 30.2 Å². The summed E-state index contributed by atoms with van der Waals surface area (Å²) in [7, 11) is 4.99. The summed E-state index contributed by atoms with van der Waals surface area (Å²) < 4.78 is 16.5. The van der Waals surface area contributed by atoms with Crippen LogP contribution in [0.4, 0.5) is 0 Å². The molecule has 118 valence electrons. The van der Waals surface area contributed by atoms with E-state index in [1.807, 2.05) is 6.07 Å². The lowest BCUT2D eigenvalue weighted by molar-refractivity contribution is 0.316. The van der Waals surface area contributed by atoms with E-state index in [2.05, 4.69) is 25.2 Å². The molecule has 21 heavy (non-hydrogen) atoms. The van der Waals surface area contributed by atoms with Crippen molar-refractivity contribution in [2.45, 2.75) is 32.7 Å². The summed E-state index contributed by atoms with van der Waals surface area (Å²) in [5.74, 6) is 3.59. The summed E-state index contributed by atoms with van der Waals surface area (Å²) in [5.41, 5.74) is 1.16. The van der Waals surface area contributed by atoms with E-state index in [1.165, 1.54) is 6.42 Å². The SMILES string of the molecule is CCCNC(c1ccc(OC)c(OC)c1OC)C1CC1C. The second kappa shape index (κ2) is 7.03. The highest BCUT2D eigenvalue weighted by molar-refractivity contribution is 5.57. The largest absolute Gasteiger partial charge is 0.493 e. The molecule has 0 aliphatic heterocycles. The van der Waals surface area contributed by atoms with Crippen molar-refractivity contribution in [1.82, 2.24) is 5.32 Å². The van der Waals surface area contributed by atoms with Crippen molar-refractivity contribution in [3.8, 4) is 17.2 Å². The van der Waals surface area contributed by atoms with E-state index in [9.17, 15) is 0 Å². The highest BCUT2D eigenvalue weighted by Crippen LogP contribution is 2.51. The van der Waals surface area contributed by atoms with Crippen molar-refractivity contribution in [2.24, 2.45) is 11.8 Å². The zero-order valence-electron chi connectivity index (χ0n) is 13.7. The van der Waals surface area contributed by atoms with Crippen LogP contribution in [0, 0.1) is 11.8 Å². The number of hydrogen-bond acceptors (Lipinski definition) is 4. The van der Waals surface area contributed by atoms with Gasteiger partial charge in [0.05, 0.1) is 21.3 Å². The summed E-state index contributed by atoms with van der Waals surface area (Å²) >= 11 is 0. The van der Waals surface area contributed by atoms with E-state index in [4.69, 9.17) is 14.2 Å². The highest BCUT2D eigenvalue weighted by Gasteiger charge is 2.41. The van der Waals surface area contributed by atoms with Gasteiger partial charge in [0.2, 0.25) is 5.75 Å². The van der Waals surface area contributed by atoms with Crippen molar-refractivity contribution in [1.29, 1.82) is 0 Å². The fraction of sp³-hybridized carbons (Fsp3) is 0.647. The summed E-state index contributed by atoms with van der Waals surface area (Å²) in [5, 5.41) is 3.67. The van der Waals surface area contributed by atoms with Crippen LogP contribution in [0.5, 0.6) is 17.2 Å². The zero-order chi connectivity index (χ0) is 15.4. The van der Waals surface area contributed by atoms with Crippen LogP contribution in [0.3, 0.4) is 0 Å². The summed E-state index contributed by atoms with van der Waals surface area (Å²) in [6.45, 7) is 5.50. The van der Waals surface area contributed by atoms with Crippen LogP contribution in [0.1, 0.15) is 38.3 Å². The number of methoxy groups -OCH3 is 3. The van der Waals surface area contributed by atoms with Crippen LogP contribution in [0.25, 0.3) is 0 Å². The van der Waals surface area contributed by atoms with E-state index < -0.39 is 0 Å². The third-order valence-electron chi connectivity index (χ3n) is 4.28. The van der Waals surface area contributed by atoms with Crippen LogP contribution in [-0.2, 0) is 0 Å². The lowest BCUT2D eigenvalue weighted by atomic mass is 9.99. The Labute approximate surface area is 127 Å². The lowest BCUT2D eigenvalue weighted by Crippen LogP contribution is -2.25. The normalized spacial score (nSPS) is 21.8. The van der Waals surface area contributed by atoms with Crippen molar-refractivity contribution in [2.75, 3.05) is 27.9 Å². The topological polar surface area (TPSA) is 39.7 Å². The molecule has 1 aliphatic rings. The standard InChI is InChI=1S/C17H27NO3/c1-6-9-18-15(13-10-11(13)2)12-7-8-14(19-3)17(21-5)16(12)20-4/h7-8,11,13,15,18H,6,9-10H2,1-5H3. The molecule has 0 bridgehead atoms. The van der Waals surface area contributed by atoms with Gasteiger partial charge in [-0.1, -0.05) is 13.8 Å². The van der Waals surface area contributed by atoms with Crippen LogP contribution in [0.2, 0.25) is 0 Å². The van der Waals surface area contributed by atoms with E-state index >= 15 is 0 Å². The molecule has 0 saturated heterocycles. The van der Waals surface area contributed by atoms with Crippen LogP contribution in [-0.4, -0.2) is 27.9 Å². The zero-order valence-corrected chi connectivity index (χ0v) is 13.7. The minimum Gasteiger partial charge on any atom is -0.493 e. The van der Waals surface area contributed by atoms with Crippen molar-refractivity contribution in [3.05, 3.63) is 17.7 Å². The first-order chi connectivity index (χ1) is 10.2. The smallest absolute Gasteiger partial charge is 0.203 e. The van der Waals surface area contributed by atoms with Gasteiger partial charge in [-0.2, -0.15) is 0 Å². The van der Waals surface area contributed by atoms with Crippen molar-refractivity contribution < 1.29 is 14.2 Å². The minimum atomic E-state index is 0.315. The van der Waals surface area contributed by atoms with Crippen molar-refractivity contribution >= 4 is 0 Å². The Morgan fingerprint density at radius 1 is 1.14 bits per heavy atom. The maximum absolute atomic E-state index is 5.64. The molecule has 0 radical (unpaired) electrons. The third-order valence-corrected chi connectivity index (χ3v) is 4.28. The maximum Gasteiger partial charge on any atom is 0.203 e. The molecule has 0 spiro atoms. The number of nitrogens with one attached hydrogen (secondary N) is 1. The molecule has 1 fully saturated rings. The molecule has 4 nitrogen and oxygen atoms in total. The van der Waals surface area contributed by atoms with Crippen LogP contribution >= 0.6 is 0 Å². The predicted octanol–water partition coefficient (Wildman–Crippen LogP) is 3.41. The molecule has 1 saturated carbocycles. The molecule has 4 heteroatoms. The van der Waals surface area contributed by atoms with Gasteiger partial charge in [0.15, 0.2) is 11.5 Å². The Hall–Kier alpha value is -1.42. The van der Waals surface area contributed by atoms with Crippen LogP contribution in [0.15, 0.2) is 12.1 Å². The first kappa shape index (κ1) is 16.0. The van der Waals surface area contributed by atoms with Gasteiger partial charge >= 0.3 is 0 Å². The van der Waals surface area contributed by atoms with Gasteiger partial charge in [-0.05, 0) is 43.4 Å². The molecular weight excluding hydrogens is 266 g/mol. The first-order valence-electron chi connectivity index (χ1n) is 7.70.